The zero-order valence-electron chi connectivity index (χ0n) is 14.2. The smallest absolute Gasteiger partial charge is 0.254 e. The third-order valence-electron chi connectivity index (χ3n) is 3.55. The molecule has 0 N–H and O–H groups in total. The Morgan fingerprint density at radius 3 is 2.13 bits per heavy atom. The van der Waals surface area contributed by atoms with E-state index in [1.54, 1.807) is 0 Å². The van der Waals surface area contributed by atoms with Crippen LogP contribution in [0.1, 0.15) is 36.7 Å². The number of rotatable bonds is 6. The molecule has 0 aliphatic rings. The molecule has 0 saturated carbocycles. The van der Waals surface area contributed by atoms with Crippen LogP contribution < -0.4 is 0 Å². The van der Waals surface area contributed by atoms with E-state index in [2.05, 4.69) is 39.0 Å². The molecule has 23 heavy (non-hydrogen) atoms. The average Bonchev–Trinajstić information content (AvgIpc) is 2.55. The molecular weight excluding hydrogens is 282 g/mol. The lowest BCUT2D eigenvalue weighted by atomic mass is 10.1. The van der Waals surface area contributed by atoms with Crippen LogP contribution in [0.15, 0.2) is 66.2 Å². The van der Waals surface area contributed by atoms with Gasteiger partial charge in [0.15, 0.2) is 0 Å². The highest BCUT2D eigenvalue weighted by atomic mass is 16.2. The molecule has 0 bridgehead atoms. The van der Waals surface area contributed by atoms with E-state index in [4.69, 9.17) is 0 Å². The summed E-state index contributed by atoms with van der Waals surface area (Å²) in [7, 11) is 0. The van der Waals surface area contributed by atoms with Crippen LogP contribution in [0.4, 0.5) is 0 Å². The summed E-state index contributed by atoms with van der Waals surface area (Å²) in [4.78, 5) is 14.7. The van der Waals surface area contributed by atoms with Crippen molar-refractivity contribution in [3.63, 3.8) is 0 Å². The van der Waals surface area contributed by atoms with E-state index in [0.717, 1.165) is 12.1 Å². The normalized spacial score (nSPS) is 11.6. The lowest BCUT2D eigenvalue weighted by Crippen LogP contribution is -2.35. The lowest BCUT2D eigenvalue weighted by Gasteiger charge is -2.25. The predicted molar refractivity (Wildman–Crippen MR) is 97.3 cm³/mol. The molecule has 0 aliphatic heterocycles. The van der Waals surface area contributed by atoms with Gasteiger partial charge in [0.05, 0.1) is 0 Å². The first-order valence-corrected chi connectivity index (χ1v) is 8.13. The van der Waals surface area contributed by atoms with Crippen molar-refractivity contribution in [3.8, 4) is 0 Å². The lowest BCUT2D eigenvalue weighted by molar-refractivity contribution is 0.0752. The Bertz CT molecular complexity index is 644. The van der Waals surface area contributed by atoms with Gasteiger partial charge < -0.3 is 4.90 Å². The quantitative estimate of drug-likeness (QED) is 0.744. The van der Waals surface area contributed by atoms with Crippen LogP contribution in [0.3, 0.4) is 0 Å². The van der Waals surface area contributed by atoms with Gasteiger partial charge in [-0.2, -0.15) is 0 Å². The fourth-order valence-corrected chi connectivity index (χ4v) is 2.60. The Morgan fingerprint density at radius 1 is 1.00 bits per heavy atom. The van der Waals surface area contributed by atoms with Gasteiger partial charge in [-0.15, -0.1) is 0 Å². The highest BCUT2D eigenvalue weighted by molar-refractivity contribution is 5.94. The van der Waals surface area contributed by atoms with E-state index in [1.807, 2.05) is 53.4 Å². The van der Waals surface area contributed by atoms with Gasteiger partial charge in [-0.3, -0.25) is 4.79 Å². The monoisotopic (exact) mass is 307 g/mol. The molecule has 1 amide bonds. The van der Waals surface area contributed by atoms with Crippen molar-refractivity contribution in [1.29, 1.82) is 0 Å². The molecule has 2 aromatic rings. The largest absolute Gasteiger partial charge is 0.334 e. The maximum absolute atomic E-state index is 12.8. The molecule has 2 rings (SSSR count). The van der Waals surface area contributed by atoms with E-state index in [0.29, 0.717) is 12.5 Å². The van der Waals surface area contributed by atoms with Gasteiger partial charge in [0, 0.05) is 18.7 Å². The number of carbonyl (C=O) groups is 1. The molecule has 120 valence electrons. The van der Waals surface area contributed by atoms with Gasteiger partial charge in [0.25, 0.3) is 5.91 Å². The summed E-state index contributed by atoms with van der Waals surface area (Å²) in [6.07, 6.45) is 2.14. The third kappa shape index (κ3) is 5.41. The molecule has 2 nitrogen and oxygen atoms in total. The minimum Gasteiger partial charge on any atom is -0.334 e. The fourth-order valence-electron chi connectivity index (χ4n) is 2.60. The van der Waals surface area contributed by atoms with Crippen molar-refractivity contribution in [1.82, 2.24) is 4.90 Å². The summed E-state index contributed by atoms with van der Waals surface area (Å²) < 4.78 is 0. The summed E-state index contributed by atoms with van der Waals surface area (Å²) >= 11 is 0. The first-order chi connectivity index (χ1) is 11.1. The van der Waals surface area contributed by atoms with Gasteiger partial charge >= 0.3 is 0 Å². The van der Waals surface area contributed by atoms with Gasteiger partial charge in [-0.05, 0) is 30.5 Å². The fraction of sp³-hybridized carbons (Fsp3) is 0.286. The molecule has 0 heterocycles. The Balaban J connectivity index is 2.15. The van der Waals surface area contributed by atoms with E-state index in [1.165, 1.54) is 11.1 Å². The van der Waals surface area contributed by atoms with Gasteiger partial charge in [-0.25, -0.2) is 0 Å². The average molecular weight is 307 g/mol. The summed E-state index contributed by atoms with van der Waals surface area (Å²) in [5, 5.41) is 0. The third-order valence-corrected chi connectivity index (χ3v) is 3.55. The number of carbonyl (C=O) groups excluding carboxylic acids is 1. The highest BCUT2D eigenvalue weighted by Gasteiger charge is 2.16. The SMILES string of the molecule is C/C(=C\c1ccccc1)CN(CC(C)C)C(=O)c1ccccc1. The van der Waals surface area contributed by atoms with Crippen molar-refractivity contribution in [2.24, 2.45) is 5.92 Å². The van der Waals surface area contributed by atoms with Gasteiger partial charge in [0.2, 0.25) is 0 Å². The number of hydrogen-bond acceptors (Lipinski definition) is 1. The molecule has 0 fully saturated rings. The zero-order chi connectivity index (χ0) is 16.7. The minimum absolute atomic E-state index is 0.0973. The number of benzene rings is 2. The van der Waals surface area contributed by atoms with E-state index >= 15 is 0 Å². The molecule has 2 aromatic carbocycles. The first-order valence-electron chi connectivity index (χ1n) is 8.13. The number of hydrogen-bond donors (Lipinski definition) is 0. The summed E-state index contributed by atoms with van der Waals surface area (Å²) in [6, 6.07) is 19.7. The molecule has 0 radical (unpaired) electrons. The van der Waals surface area contributed by atoms with Crippen LogP contribution >= 0.6 is 0 Å². The van der Waals surface area contributed by atoms with Crippen LogP contribution in [0.5, 0.6) is 0 Å². The second-order valence-corrected chi connectivity index (χ2v) is 6.35. The maximum Gasteiger partial charge on any atom is 0.254 e. The molecule has 2 heteroatoms. The van der Waals surface area contributed by atoms with Crippen LogP contribution in [-0.4, -0.2) is 23.9 Å². The van der Waals surface area contributed by atoms with Crippen LogP contribution in [-0.2, 0) is 0 Å². The topological polar surface area (TPSA) is 20.3 Å². The first kappa shape index (κ1) is 17.0. The molecule has 0 aliphatic carbocycles. The van der Waals surface area contributed by atoms with Crippen molar-refractivity contribution in [2.45, 2.75) is 20.8 Å². The van der Waals surface area contributed by atoms with E-state index < -0.39 is 0 Å². The molecule has 0 saturated heterocycles. The Hall–Kier alpha value is -2.35. The molecule has 0 unspecified atom stereocenters. The number of nitrogens with zero attached hydrogens (tertiary/aromatic N) is 1. The van der Waals surface area contributed by atoms with E-state index in [-0.39, 0.29) is 5.91 Å². The molecular formula is C21H25NO. The van der Waals surface area contributed by atoms with Gasteiger partial charge in [-0.1, -0.05) is 74.0 Å². The van der Waals surface area contributed by atoms with Crippen LogP contribution in [0, 0.1) is 5.92 Å². The summed E-state index contributed by atoms with van der Waals surface area (Å²) in [5.41, 5.74) is 3.10. The van der Waals surface area contributed by atoms with Crippen molar-refractivity contribution in [2.75, 3.05) is 13.1 Å². The van der Waals surface area contributed by atoms with Crippen molar-refractivity contribution < 1.29 is 4.79 Å². The standard InChI is InChI=1S/C21H25NO/c1-17(2)15-22(21(23)20-12-8-5-9-13-20)16-18(3)14-19-10-6-4-7-11-19/h4-14,17H,15-16H2,1-3H3/b18-14+. The van der Waals surface area contributed by atoms with Crippen molar-refractivity contribution in [3.05, 3.63) is 77.4 Å². The molecule has 0 aromatic heterocycles. The summed E-state index contributed by atoms with van der Waals surface area (Å²) in [6.45, 7) is 7.77. The zero-order valence-corrected chi connectivity index (χ0v) is 14.2. The molecule has 0 spiro atoms. The highest BCUT2D eigenvalue weighted by Crippen LogP contribution is 2.12. The number of amides is 1. The van der Waals surface area contributed by atoms with Crippen LogP contribution in [0.25, 0.3) is 6.08 Å². The minimum atomic E-state index is 0.0973. The molecule has 0 atom stereocenters. The summed E-state index contributed by atoms with van der Waals surface area (Å²) in [5.74, 6) is 0.535. The Labute approximate surface area is 139 Å². The van der Waals surface area contributed by atoms with Crippen molar-refractivity contribution >= 4 is 12.0 Å². The van der Waals surface area contributed by atoms with Gasteiger partial charge in [0.1, 0.15) is 0 Å². The second kappa shape index (κ2) is 8.33. The second-order valence-electron chi connectivity index (χ2n) is 6.35. The predicted octanol–water partition coefficient (Wildman–Crippen LogP) is 4.89. The van der Waals surface area contributed by atoms with Crippen LogP contribution in [0.2, 0.25) is 0 Å². The van der Waals surface area contributed by atoms with E-state index in [9.17, 15) is 4.79 Å². The Kier molecular flexibility index (Phi) is 6.16. The maximum atomic E-state index is 12.8. The Morgan fingerprint density at radius 2 is 1.57 bits per heavy atom.